The largest absolute Gasteiger partial charge is 0.471 e. The standard InChI is InChI=1S/C32H45F3N4O16/c1-12(41)37-15-8-16(38-13(2)42)27(25(48)26(15)54-28-22(45)19(20(43)18(10-40)53-28)39-30(49)32(33,34)35)55-29-24(47)23(46)21(44)17(52-29)9-36-31(50)51-11-14-6-4-3-5-7-14/h3-7,15-29,40,43-48H,8-11H2,1-2H3,(H,36,50)(H,37,41)(H,38,42)(H,39,49)/t15-,16?,17?,18?,19?,20-,21-,22-,23+,24?,25-,26?,27-,28-,29-/m1/s1. The van der Waals surface area contributed by atoms with E-state index >= 15 is 0 Å². The number of halogens is 3. The lowest BCUT2D eigenvalue weighted by atomic mass is 9.83. The van der Waals surface area contributed by atoms with E-state index in [0.29, 0.717) is 5.56 Å². The first kappa shape index (κ1) is 44.0. The number of carbonyl (C=O) groups is 4. The van der Waals surface area contributed by atoms with Crippen molar-refractivity contribution in [3.05, 3.63) is 35.9 Å². The van der Waals surface area contributed by atoms with E-state index in [4.69, 9.17) is 23.7 Å². The van der Waals surface area contributed by atoms with Crippen LogP contribution in [0.2, 0.25) is 0 Å². The maximum atomic E-state index is 13.1. The molecule has 11 N–H and O–H groups in total. The molecule has 1 aliphatic carbocycles. The van der Waals surface area contributed by atoms with Gasteiger partial charge in [-0.25, -0.2) is 4.79 Å². The summed E-state index contributed by atoms with van der Waals surface area (Å²) in [6, 6.07) is 3.98. The van der Waals surface area contributed by atoms with Gasteiger partial charge in [0.1, 0.15) is 67.6 Å². The molecule has 3 fully saturated rings. The highest BCUT2D eigenvalue weighted by Crippen LogP contribution is 2.33. The Balaban J connectivity index is 1.55. The number of nitrogens with one attached hydrogen (secondary N) is 4. The van der Waals surface area contributed by atoms with Crippen molar-refractivity contribution in [3.8, 4) is 0 Å². The van der Waals surface area contributed by atoms with Gasteiger partial charge in [-0.3, -0.25) is 14.4 Å². The molecule has 2 aliphatic heterocycles. The summed E-state index contributed by atoms with van der Waals surface area (Å²) in [6.07, 6.45) is -29.5. The molecule has 0 aromatic heterocycles. The minimum Gasteiger partial charge on any atom is -0.445 e. The number of carbonyl (C=O) groups excluding carboxylic acids is 4. The molecule has 0 bridgehead atoms. The van der Waals surface area contributed by atoms with Crippen molar-refractivity contribution in [2.45, 2.75) is 125 Å². The van der Waals surface area contributed by atoms with E-state index in [1.807, 2.05) is 0 Å². The van der Waals surface area contributed by atoms with Crippen LogP contribution in [0.4, 0.5) is 18.0 Å². The van der Waals surface area contributed by atoms with Crippen LogP contribution in [0.15, 0.2) is 30.3 Å². The molecule has 55 heavy (non-hydrogen) atoms. The van der Waals surface area contributed by atoms with E-state index in [1.165, 1.54) is 5.32 Å². The number of alkyl halides is 3. The minimum absolute atomic E-state index is 0.104. The molecule has 1 aromatic carbocycles. The maximum Gasteiger partial charge on any atom is 0.471 e. The van der Waals surface area contributed by atoms with Crippen LogP contribution in [0.1, 0.15) is 25.8 Å². The molecule has 4 amide bonds. The Kier molecular flexibility index (Phi) is 15.1. The van der Waals surface area contributed by atoms with Crippen molar-refractivity contribution in [2.75, 3.05) is 13.2 Å². The summed E-state index contributed by atoms with van der Waals surface area (Å²) < 4.78 is 67.1. The Morgan fingerprint density at radius 1 is 0.745 bits per heavy atom. The minimum atomic E-state index is -5.45. The molecule has 1 aromatic rings. The molecule has 3 aliphatic rings. The molecule has 15 atom stereocenters. The van der Waals surface area contributed by atoms with Gasteiger partial charge in [-0.1, -0.05) is 30.3 Å². The Morgan fingerprint density at radius 3 is 1.82 bits per heavy atom. The molecule has 2 saturated heterocycles. The Hall–Kier alpha value is -3.75. The van der Waals surface area contributed by atoms with E-state index in [-0.39, 0.29) is 13.0 Å². The first-order chi connectivity index (χ1) is 25.8. The van der Waals surface area contributed by atoms with Gasteiger partial charge < -0.3 is 80.7 Å². The number of benzene rings is 1. The third kappa shape index (κ3) is 11.2. The van der Waals surface area contributed by atoms with Crippen molar-refractivity contribution in [2.24, 2.45) is 0 Å². The SMILES string of the molecule is CC(=O)NC1C[C@@H](NC(C)=O)C(O[C@H]2OC(CO)[C@@H](O)C(NC(=O)C(F)(F)F)[C@H]2O)[C@@H](O)[C@@H]1O[C@H]1OC(CNC(=O)OCc2ccccc2)[C@@H](O)[C@H](O)C1O. The predicted octanol–water partition coefficient (Wildman–Crippen LogP) is -4.25. The summed E-state index contributed by atoms with van der Waals surface area (Å²) >= 11 is 0. The Bertz CT molecular complexity index is 1470. The van der Waals surface area contributed by atoms with Crippen LogP contribution in [0.5, 0.6) is 0 Å². The summed E-state index contributed by atoms with van der Waals surface area (Å²) in [5.41, 5.74) is 0.671. The van der Waals surface area contributed by atoms with E-state index in [9.17, 15) is 68.1 Å². The van der Waals surface area contributed by atoms with Crippen molar-refractivity contribution in [3.63, 3.8) is 0 Å². The molecule has 310 valence electrons. The summed E-state index contributed by atoms with van der Waals surface area (Å²) in [5.74, 6) is -3.92. The van der Waals surface area contributed by atoms with Crippen molar-refractivity contribution >= 4 is 23.8 Å². The maximum absolute atomic E-state index is 13.1. The van der Waals surface area contributed by atoms with E-state index in [1.54, 1.807) is 30.3 Å². The topological polar surface area (TPSA) is 304 Å². The monoisotopic (exact) mass is 798 g/mol. The lowest BCUT2D eigenvalue weighted by Gasteiger charge is -2.49. The van der Waals surface area contributed by atoms with E-state index in [0.717, 1.165) is 13.8 Å². The molecular formula is C32H45F3N4O16. The van der Waals surface area contributed by atoms with E-state index < -0.39 is 135 Å². The molecular weight excluding hydrogens is 753 g/mol. The molecule has 4 rings (SSSR count). The van der Waals surface area contributed by atoms with Crippen molar-refractivity contribution < 1.29 is 91.8 Å². The fraction of sp³-hybridized carbons (Fsp3) is 0.688. The number of alkyl carbamates (subject to hydrolysis) is 1. The molecule has 0 radical (unpaired) electrons. The van der Waals surface area contributed by atoms with Crippen LogP contribution in [-0.4, -0.2) is 171 Å². The number of hydrogen-bond acceptors (Lipinski definition) is 16. The van der Waals surface area contributed by atoms with Crippen LogP contribution < -0.4 is 21.3 Å². The summed E-state index contributed by atoms with van der Waals surface area (Å²) in [4.78, 5) is 48.5. The number of aliphatic hydroxyl groups excluding tert-OH is 7. The lowest BCUT2D eigenvalue weighted by molar-refractivity contribution is -0.334. The van der Waals surface area contributed by atoms with Crippen molar-refractivity contribution in [1.29, 1.82) is 0 Å². The highest BCUT2D eigenvalue weighted by molar-refractivity contribution is 5.82. The fourth-order valence-corrected chi connectivity index (χ4v) is 6.43. The van der Waals surface area contributed by atoms with Gasteiger partial charge >= 0.3 is 18.2 Å². The van der Waals surface area contributed by atoms with Crippen molar-refractivity contribution in [1.82, 2.24) is 21.3 Å². The fourth-order valence-electron chi connectivity index (χ4n) is 6.43. The Labute approximate surface area is 310 Å². The summed E-state index contributed by atoms with van der Waals surface area (Å²) in [5, 5.41) is 83.7. The average Bonchev–Trinajstić information content (AvgIpc) is 3.12. The van der Waals surface area contributed by atoms with Crippen LogP contribution in [0.3, 0.4) is 0 Å². The lowest BCUT2D eigenvalue weighted by Crippen LogP contribution is -2.70. The van der Waals surface area contributed by atoms with Gasteiger partial charge in [-0.05, 0) is 12.0 Å². The average molecular weight is 799 g/mol. The zero-order chi connectivity index (χ0) is 40.8. The third-order valence-corrected chi connectivity index (χ3v) is 9.10. The van der Waals surface area contributed by atoms with Gasteiger partial charge in [0.25, 0.3) is 0 Å². The zero-order valence-corrected chi connectivity index (χ0v) is 29.3. The smallest absolute Gasteiger partial charge is 0.445 e. The second kappa shape index (κ2) is 18.9. The summed E-state index contributed by atoms with van der Waals surface area (Å²) in [7, 11) is 0. The number of hydrogen-bond donors (Lipinski definition) is 11. The second-order valence-electron chi connectivity index (χ2n) is 13.2. The van der Waals surface area contributed by atoms with Gasteiger partial charge in [-0.2, -0.15) is 13.2 Å². The number of aliphatic hydroxyl groups is 7. The normalized spacial score (nSPS) is 36.6. The quantitative estimate of drug-likeness (QED) is 0.0955. The third-order valence-electron chi connectivity index (χ3n) is 9.10. The van der Waals surface area contributed by atoms with Gasteiger partial charge in [0.2, 0.25) is 11.8 Å². The molecule has 1 saturated carbocycles. The van der Waals surface area contributed by atoms with Crippen LogP contribution >= 0.6 is 0 Å². The van der Waals surface area contributed by atoms with Gasteiger partial charge in [0, 0.05) is 20.4 Å². The molecule has 20 nitrogen and oxygen atoms in total. The number of ether oxygens (including phenoxy) is 5. The Morgan fingerprint density at radius 2 is 1.29 bits per heavy atom. The van der Waals surface area contributed by atoms with Crippen LogP contribution in [0.25, 0.3) is 0 Å². The highest BCUT2D eigenvalue weighted by atomic mass is 19.4. The number of amides is 4. The van der Waals surface area contributed by atoms with Gasteiger partial charge in [0.15, 0.2) is 12.6 Å². The van der Waals surface area contributed by atoms with Crippen LogP contribution in [-0.2, 0) is 44.7 Å². The first-order valence-corrected chi connectivity index (χ1v) is 17.0. The summed E-state index contributed by atoms with van der Waals surface area (Å²) in [6.45, 7) is 0.547. The molecule has 2 heterocycles. The van der Waals surface area contributed by atoms with Gasteiger partial charge in [0.05, 0.1) is 24.7 Å². The molecule has 23 heteroatoms. The first-order valence-electron chi connectivity index (χ1n) is 17.0. The van der Waals surface area contributed by atoms with E-state index in [2.05, 4.69) is 16.0 Å². The van der Waals surface area contributed by atoms with Gasteiger partial charge in [-0.15, -0.1) is 0 Å². The second-order valence-corrected chi connectivity index (χ2v) is 13.2. The highest BCUT2D eigenvalue weighted by Gasteiger charge is 2.54. The zero-order valence-electron chi connectivity index (χ0n) is 29.3. The molecule has 0 spiro atoms. The number of rotatable bonds is 12. The predicted molar refractivity (Wildman–Crippen MR) is 173 cm³/mol. The molecule has 6 unspecified atom stereocenters. The van der Waals surface area contributed by atoms with Crippen LogP contribution in [0, 0.1) is 0 Å².